The van der Waals surface area contributed by atoms with Gasteiger partial charge in [0.2, 0.25) is 0 Å². The monoisotopic (exact) mass is 309 g/mol. The second-order valence-electron chi connectivity index (χ2n) is 5.59. The van der Waals surface area contributed by atoms with Crippen molar-refractivity contribution < 1.29 is 9.53 Å². The maximum Gasteiger partial charge on any atom is 0.274 e. The zero-order chi connectivity index (χ0) is 16.6. The molecule has 0 aliphatic heterocycles. The van der Waals surface area contributed by atoms with Crippen LogP contribution in [0.2, 0.25) is 0 Å². The van der Waals surface area contributed by atoms with Gasteiger partial charge >= 0.3 is 0 Å². The first-order chi connectivity index (χ1) is 11.0. The number of benzene rings is 1. The number of anilines is 1. The van der Waals surface area contributed by atoms with Gasteiger partial charge in [0, 0.05) is 6.20 Å². The molecule has 0 aliphatic rings. The van der Waals surface area contributed by atoms with E-state index in [0.717, 1.165) is 16.8 Å². The zero-order valence-electron chi connectivity index (χ0n) is 13.7. The van der Waals surface area contributed by atoms with E-state index in [2.05, 4.69) is 10.3 Å². The predicted molar refractivity (Wildman–Crippen MR) is 90.4 cm³/mol. The van der Waals surface area contributed by atoms with E-state index in [1.54, 1.807) is 7.11 Å². The largest absolute Gasteiger partial charge is 0.495 e. The lowest BCUT2D eigenvalue weighted by molar-refractivity contribution is 0.102. The van der Waals surface area contributed by atoms with Crippen LogP contribution in [0, 0.1) is 20.8 Å². The average molecular weight is 309 g/mol. The third kappa shape index (κ3) is 2.65. The summed E-state index contributed by atoms with van der Waals surface area (Å²) in [4.78, 5) is 17.3. The fourth-order valence-electron chi connectivity index (χ4n) is 2.69. The lowest BCUT2D eigenvalue weighted by Gasteiger charge is -2.11. The normalized spacial score (nSPS) is 10.8. The summed E-state index contributed by atoms with van der Waals surface area (Å²) in [5, 5.41) is 2.93. The number of hydrogen-bond donors (Lipinski definition) is 1. The summed E-state index contributed by atoms with van der Waals surface area (Å²) in [6.07, 6.45) is 1.85. The lowest BCUT2D eigenvalue weighted by Crippen LogP contribution is -2.16. The molecule has 1 amide bonds. The van der Waals surface area contributed by atoms with Crippen molar-refractivity contribution in [1.82, 2.24) is 9.38 Å². The van der Waals surface area contributed by atoms with Gasteiger partial charge in [0.15, 0.2) is 0 Å². The summed E-state index contributed by atoms with van der Waals surface area (Å²) < 4.78 is 7.14. The highest BCUT2D eigenvalue weighted by Crippen LogP contribution is 2.26. The Morgan fingerprint density at radius 1 is 1.22 bits per heavy atom. The highest BCUT2D eigenvalue weighted by atomic mass is 16.5. The van der Waals surface area contributed by atoms with Crippen molar-refractivity contribution >= 4 is 17.2 Å². The van der Waals surface area contributed by atoms with Crippen molar-refractivity contribution in [3.05, 3.63) is 59.0 Å². The van der Waals surface area contributed by atoms with Crippen molar-refractivity contribution in [2.75, 3.05) is 12.4 Å². The standard InChI is InChI=1S/C18H19N3O2/c1-11-7-8-15(23-4)14(10-11)20-18(22)16-13(3)19-17-12(2)6-5-9-21(16)17/h5-10H,1-4H3,(H,20,22). The molecule has 5 nitrogen and oxygen atoms in total. The number of methoxy groups -OCH3 is 1. The zero-order valence-corrected chi connectivity index (χ0v) is 13.7. The van der Waals surface area contributed by atoms with Gasteiger partial charge in [0.25, 0.3) is 5.91 Å². The highest BCUT2D eigenvalue weighted by molar-refractivity contribution is 6.05. The number of hydrogen-bond acceptors (Lipinski definition) is 3. The molecule has 1 N–H and O–H groups in total. The molecule has 2 heterocycles. The number of amides is 1. The molecule has 0 radical (unpaired) electrons. The van der Waals surface area contributed by atoms with Gasteiger partial charge in [0.1, 0.15) is 17.1 Å². The van der Waals surface area contributed by atoms with Crippen LogP contribution in [0.5, 0.6) is 5.75 Å². The Bertz CT molecular complexity index is 897. The second-order valence-corrected chi connectivity index (χ2v) is 5.59. The van der Waals surface area contributed by atoms with Crippen LogP contribution in [0.1, 0.15) is 27.3 Å². The summed E-state index contributed by atoms with van der Waals surface area (Å²) in [7, 11) is 1.59. The fourth-order valence-corrected chi connectivity index (χ4v) is 2.69. The Balaban J connectivity index is 2.04. The number of nitrogens with one attached hydrogen (secondary N) is 1. The number of imidazole rings is 1. The molecule has 3 rings (SSSR count). The van der Waals surface area contributed by atoms with Gasteiger partial charge in [-0.2, -0.15) is 0 Å². The number of aromatic nitrogens is 2. The molecule has 0 spiro atoms. The molecule has 1 aromatic carbocycles. The summed E-state index contributed by atoms with van der Waals surface area (Å²) in [5.41, 5.74) is 4.76. The average Bonchev–Trinajstić information content (AvgIpc) is 2.85. The molecular formula is C18H19N3O2. The van der Waals surface area contributed by atoms with E-state index in [0.29, 0.717) is 22.8 Å². The quantitative estimate of drug-likeness (QED) is 0.805. The maximum atomic E-state index is 12.8. The summed E-state index contributed by atoms with van der Waals surface area (Å²) in [6, 6.07) is 9.56. The third-order valence-electron chi connectivity index (χ3n) is 3.84. The molecule has 0 bridgehead atoms. The molecule has 118 valence electrons. The van der Waals surface area contributed by atoms with E-state index < -0.39 is 0 Å². The summed E-state index contributed by atoms with van der Waals surface area (Å²) in [5.74, 6) is 0.427. The lowest BCUT2D eigenvalue weighted by atomic mass is 10.2. The van der Waals surface area contributed by atoms with Crippen LogP contribution in [-0.2, 0) is 0 Å². The van der Waals surface area contributed by atoms with E-state index >= 15 is 0 Å². The van der Waals surface area contributed by atoms with Gasteiger partial charge in [-0.25, -0.2) is 4.98 Å². The minimum Gasteiger partial charge on any atom is -0.495 e. The van der Waals surface area contributed by atoms with Crippen molar-refractivity contribution in [1.29, 1.82) is 0 Å². The minimum absolute atomic E-state index is 0.204. The molecule has 0 fully saturated rings. The fraction of sp³-hybridized carbons (Fsp3) is 0.222. The molecule has 2 aromatic heterocycles. The van der Waals surface area contributed by atoms with Gasteiger partial charge in [0.05, 0.1) is 18.5 Å². The van der Waals surface area contributed by atoms with Crippen molar-refractivity contribution in [3.63, 3.8) is 0 Å². The molecule has 0 aliphatic carbocycles. The third-order valence-corrected chi connectivity index (χ3v) is 3.84. The van der Waals surface area contributed by atoms with Gasteiger partial charge in [-0.3, -0.25) is 9.20 Å². The van der Waals surface area contributed by atoms with Crippen LogP contribution in [0.3, 0.4) is 0 Å². The molecular weight excluding hydrogens is 290 g/mol. The predicted octanol–water partition coefficient (Wildman–Crippen LogP) is 3.52. The van der Waals surface area contributed by atoms with Crippen molar-refractivity contribution in [2.45, 2.75) is 20.8 Å². The summed E-state index contributed by atoms with van der Waals surface area (Å²) >= 11 is 0. The molecule has 0 unspecified atom stereocenters. The van der Waals surface area contributed by atoms with E-state index in [-0.39, 0.29) is 5.91 Å². The van der Waals surface area contributed by atoms with E-state index in [9.17, 15) is 4.79 Å². The molecule has 23 heavy (non-hydrogen) atoms. The Labute approximate surface area is 134 Å². The minimum atomic E-state index is -0.204. The Morgan fingerprint density at radius 2 is 2.00 bits per heavy atom. The van der Waals surface area contributed by atoms with Crippen LogP contribution >= 0.6 is 0 Å². The first kappa shape index (κ1) is 15.1. The van der Waals surface area contributed by atoms with Gasteiger partial charge < -0.3 is 10.1 Å². The topological polar surface area (TPSA) is 55.6 Å². The number of aryl methyl sites for hydroxylation is 3. The van der Waals surface area contributed by atoms with Crippen LogP contribution in [0.15, 0.2) is 36.5 Å². The van der Waals surface area contributed by atoms with Crippen molar-refractivity contribution in [2.24, 2.45) is 0 Å². The number of nitrogens with zero attached hydrogens (tertiary/aromatic N) is 2. The maximum absolute atomic E-state index is 12.8. The number of ether oxygens (including phenoxy) is 1. The molecule has 0 atom stereocenters. The smallest absolute Gasteiger partial charge is 0.274 e. The van der Waals surface area contributed by atoms with Crippen LogP contribution in [0.4, 0.5) is 5.69 Å². The number of carbonyl (C=O) groups excluding carboxylic acids is 1. The molecule has 0 saturated carbocycles. The first-order valence-corrected chi connectivity index (χ1v) is 7.41. The van der Waals surface area contributed by atoms with Crippen molar-refractivity contribution in [3.8, 4) is 5.75 Å². The van der Waals surface area contributed by atoms with Gasteiger partial charge in [-0.15, -0.1) is 0 Å². The molecule has 5 heteroatoms. The first-order valence-electron chi connectivity index (χ1n) is 7.41. The second kappa shape index (κ2) is 5.76. The number of carbonyl (C=O) groups is 1. The van der Waals surface area contributed by atoms with Gasteiger partial charge in [-0.1, -0.05) is 12.1 Å². The molecule has 3 aromatic rings. The van der Waals surface area contributed by atoms with Crippen LogP contribution < -0.4 is 10.1 Å². The molecule has 0 saturated heterocycles. The van der Waals surface area contributed by atoms with Gasteiger partial charge in [-0.05, 0) is 50.1 Å². The van der Waals surface area contributed by atoms with Crippen LogP contribution in [-0.4, -0.2) is 22.4 Å². The van der Waals surface area contributed by atoms with E-state index in [1.165, 1.54) is 0 Å². The number of pyridine rings is 1. The Morgan fingerprint density at radius 3 is 2.74 bits per heavy atom. The van der Waals surface area contributed by atoms with E-state index in [1.807, 2.05) is 61.7 Å². The summed E-state index contributed by atoms with van der Waals surface area (Å²) in [6.45, 7) is 5.79. The highest BCUT2D eigenvalue weighted by Gasteiger charge is 2.18. The van der Waals surface area contributed by atoms with E-state index in [4.69, 9.17) is 4.74 Å². The Kier molecular flexibility index (Phi) is 3.78. The SMILES string of the molecule is COc1ccc(C)cc1NC(=O)c1c(C)nc2c(C)cccn12. The van der Waals surface area contributed by atoms with Crippen LogP contribution in [0.25, 0.3) is 5.65 Å². The number of fused-ring (bicyclic) bond motifs is 1. The Hall–Kier alpha value is -2.82. The number of rotatable bonds is 3.